The molecule has 0 heterocycles. The molecule has 0 aromatic rings. The van der Waals surface area contributed by atoms with Gasteiger partial charge >= 0.3 is 17.9 Å². The maximum absolute atomic E-state index is 12.7. The van der Waals surface area contributed by atoms with E-state index in [0.717, 1.165) is 63.7 Å². The van der Waals surface area contributed by atoms with Crippen molar-refractivity contribution in [1.29, 1.82) is 0 Å². The van der Waals surface area contributed by atoms with Gasteiger partial charge in [-0.3, -0.25) is 14.4 Å². The molecule has 6 nitrogen and oxygen atoms in total. The van der Waals surface area contributed by atoms with Gasteiger partial charge in [-0.2, -0.15) is 0 Å². The van der Waals surface area contributed by atoms with E-state index in [1.165, 1.54) is 186 Å². The highest BCUT2D eigenvalue weighted by Crippen LogP contribution is 2.17. The number of esters is 3. The smallest absolute Gasteiger partial charge is 0.306 e. The second kappa shape index (κ2) is 46.5. The van der Waals surface area contributed by atoms with E-state index in [9.17, 15) is 14.4 Å². The van der Waals surface area contributed by atoms with E-state index < -0.39 is 6.10 Å². The number of unbranched alkanes of at least 4 members (excludes halogenated alkanes) is 34. The van der Waals surface area contributed by atoms with Gasteiger partial charge in [0.2, 0.25) is 0 Å². The van der Waals surface area contributed by atoms with Gasteiger partial charge in [-0.05, 0) is 25.2 Å². The van der Waals surface area contributed by atoms with Gasteiger partial charge < -0.3 is 14.2 Å². The van der Waals surface area contributed by atoms with Crippen molar-refractivity contribution in [2.24, 2.45) is 5.92 Å². The van der Waals surface area contributed by atoms with Crippen LogP contribution in [0.5, 0.6) is 0 Å². The van der Waals surface area contributed by atoms with Gasteiger partial charge in [0.25, 0.3) is 0 Å². The van der Waals surface area contributed by atoms with Crippen LogP contribution in [-0.4, -0.2) is 37.2 Å². The average Bonchev–Trinajstić information content (AvgIpc) is 3.21. The molecule has 0 unspecified atom stereocenters. The lowest BCUT2D eigenvalue weighted by Crippen LogP contribution is -2.30. The first-order chi connectivity index (χ1) is 28.4. The molecule has 1 atom stereocenters. The molecule has 0 saturated carbocycles. The molecule has 0 N–H and O–H groups in total. The lowest BCUT2D eigenvalue weighted by atomic mass is 10.0. The molecule has 0 saturated heterocycles. The number of hydrogen-bond acceptors (Lipinski definition) is 6. The lowest BCUT2D eigenvalue weighted by Gasteiger charge is -2.18. The fraction of sp³-hybridized carbons (Fsp3) is 0.942. The molecule has 0 aromatic heterocycles. The van der Waals surface area contributed by atoms with Gasteiger partial charge in [0.1, 0.15) is 13.2 Å². The van der Waals surface area contributed by atoms with Gasteiger partial charge in [-0.1, -0.05) is 252 Å². The summed E-state index contributed by atoms with van der Waals surface area (Å²) in [4.78, 5) is 37.9. The van der Waals surface area contributed by atoms with Gasteiger partial charge in [0, 0.05) is 19.3 Å². The third kappa shape index (κ3) is 45.5. The number of ether oxygens (including phenoxy) is 3. The Hall–Kier alpha value is -1.59. The van der Waals surface area contributed by atoms with E-state index in [2.05, 4.69) is 27.7 Å². The minimum Gasteiger partial charge on any atom is -0.462 e. The third-order valence-electron chi connectivity index (χ3n) is 11.8. The van der Waals surface area contributed by atoms with Crippen LogP contribution in [0, 0.1) is 5.92 Å². The van der Waals surface area contributed by atoms with Gasteiger partial charge in [0.05, 0.1) is 0 Å². The summed E-state index contributed by atoms with van der Waals surface area (Å²) >= 11 is 0. The van der Waals surface area contributed by atoms with Crippen molar-refractivity contribution < 1.29 is 28.6 Å². The summed E-state index contributed by atoms with van der Waals surface area (Å²) in [6.45, 7) is 9.03. The number of carbonyl (C=O) groups excluding carboxylic acids is 3. The fourth-order valence-electron chi connectivity index (χ4n) is 7.86. The Kier molecular flexibility index (Phi) is 45.2. The maximum atomic E-state index is 12.7. The summed E-state index contributed by atoms with van der Waals surface area (Å²) in [6, 6.07) is 0. The molecule has 0 aliphatic rings. The summed E-state index contributed by atoms with van der Waals surface area (Å²) in [5.41, 5.74) is 0. The van der Waals surface area contributed by atoms with Crippen molar-refractivity contribution in [3.05, 3.63) is 0 Å². The Morgan fingerprint density at radius 3 is 0.845 bits per heavy atom. The van der Waals surface area contributed by atoms with Gasteiger partial charge in [0.15, 0.2) is 6.10 Å². The number of hydrogen-bond donors (Lipinski definition) is 0. The van der Waals surface area contributed by atoms with Crippen molar-refractivity contribution in [1.82, 2.24) is 0 Å². The Morgan fingerprint density at radius 1 is 0.328 bits per heavy atom. The van der Waals surface area contributed by atoms with Crippen molar-refractivity contribution in [2.45, 2.75) is 297 Å². The van der Waals surface area contributed by atoms with Crippen molar-refractivity contribution in [3.63, 3.8) is 0 Å². The van der Waals surface area contributed by atoms with Crippen molar-refractivity contribution >= 4 is 17.9 Å². The van der Waals surface area contributed by atoms with Crippen LogP contribution >= 0.6 is 0 Å². The highest BCUT2D eigenvalue weighted by molar-refractivity contribution is 5.71. The summed E-state index contributed by atoms with van der Waals surface area (Å²) in [6.07, 6.45) is 48.0. The molecule has 6 heteroatoms. The largest absolute Gasteiger partial charge is 0.462 e. The van der Waals surface area contributed by atoms with E-state index in [1.807, 2.05) is 0 Å². The minimum absolute atomic E-state index is 0.0626. The molecule has 0 amide bonds. The predicted octanol–water partition coefficient (Wildman–Crippen LogP) is 16.7. The quantitative estimate of drug-likeness (QED) is 0.0346. The standard InChI is InChI=1S/C52H100O6/c1-5-7-9-11-13-15-17-19-24-27-31-35-39-43-50(53)56-46-49(58-52(55)45-41-37-33-29-22-16-14-12-10-8-6-2)47-57-51(54)44-40-36-32-28-25-21-18-20-23-26-30-34-38-42-48(3)4/h48-49H,5-47H2,1-4H3/t49-/m0/s1. The van der Waals surface area contributed by atoms with Crippen LogP contribution in [0.1, 0.15) is 291 Å². The molecule has 0 rings (SSSR count). The first kappa shape index (κ1) is 56.4. The average molecular weight is 821 g/mol. The first-order valence-corrected chi connectivity index (χ1v) is 25.9. The van der Waals surface area contributed by atoms with E-state index in [4.69, 9.17) is 14.2 Å². The van der Waals surface area contributed by atoms with E-state index in [-0.39, 0.29) is 31.1 Å². The molecule has 0 aromatic carbocycles. The molecule has 0 radical (unpaired) electrons. The summed E-state index contributed by atoms with van der Waals surface area (Å²) in [5, 5.41) is 0. The van der Waals surface area contributed by atoms with Gasteiger partial charge in [-0.15, -0.1) is 0 Å². The second-order valence-corrected chi connectivity index (χ2v) is 18.3. The molecule has 344 valence electrons. The molecule has 0 bridgehead atoms. The normalized spacial score (nSPS) is 11.9. The van der Waals surface area contributed by atoms with Gasteiger partial charge in [-0.25, -0.2) is 0 Å². The molecule has 58 heavy (non-hydrogen) atoms. The monoisotopic (exact) mass is 821 g/mol. The molecular weight excluding hydrogens is 721 g/mol. The SMILES string of the molecule is CCCCCCCCCCCCCCCC(=O)OC[C@@H](COC(=O)CCCCCCCCCCCCCCCC(C)C)OC(=O)CCCCCCCCCCCCC. The van der Waals surface area contributed by atoms with Crippen LogP contribution in [-0.2, 0) is 28.6 Å². The van der Waals surface area contributed by atoms with Crippen LogP contribution < -0.4 is 0 Å². The Balaban J connectivity index is 4.28. The second-order valence-electron chi connectivity index (χ2n) is 18.3. The lowest BCUT2D eigenvalue weighted by molar-refractivity contribution is -0.167. The molecule has 0 aliphatic heterocycles. The summed E-state index contributed by atoms with van der Waals surface area (Å²) in [7, 11) is 0. The van der Waals surface area contributed by atoms with E-state index >= 15 is 0 Å². The highest BCUT2D eigenvalue weighted by Gasteiger charge is 2.19. The first-order valence-electron chi connectivity index (χ1n) is 25.9. The van der Waals surface area contributed by atoms with E-state index in [0.29, 0.717) is 19.3 Å². The topological polar surface area (TPSA) is 78.9 Å². The van der Waals surface area contributed by atoms with Crippen molar-refractivity contribution in [3.8, 4) is 0 Å². The Morgan fingerprint density at radius 2 is 0.569 bits per heavy atom. The van der Waals surface area contributed by atoms with E-state index in [1.54, 1.807) is 0 Å². The Bertz CT molecular complexity index is 872. The van der Waals surface area contributed by atoms with Crippen LogP contribution in [0.4, 0.5) is 0 Å². The zero-order valence-corrected chi connectivity index (χ0v) is 39.5. The fourth-order valence-corrected chi connectivity index (χ4v) is 7.86. The number of rotatable bonds is 47. The summed E-state index contributed by atoms with van der Waals surface area (Å²) < 4.78 is 16.8. The Labute approximate surface area is 361 Å². The predicted molar refractivity (Wildman–Crippen MR) is 247 cm³/mol. The highest BCUT2D eigenvalue weighted by atomic mass is 16.6. The van der Waals surface area contributed by atoms with Crippen LogP contribution in [0.2, 0.25) is 0 Å². The van der Waals surface area contributed by atoms with Crippen LogP contribution in [0.25, 0.3) is 0 Å². The minimum atomic E-state index is -0.760. The zero-order valence-electron chi connectivity index (χ0n) is 39.5. The van der Waals surface area contributed by atoms with Crippen LogP contribution in [0.15, 0.2) is 0 Å². The molecule has 0 aliphatic carbocycles. The molecular formula is C52H100O6. The maximum Gasteiger partial charge on any atom is 0.306 e. The van der Waals surface area contributed by atoms with Crippen molar-refractivity contribution in [2.75, 3.05) is 13.2 Å². The third-order valence-corrected chi connectivity index (χ3v) is 11.8. The summed E-state index contributed by atoms with van der Waals surface area (Å²) in [5.74, 6) is -0.00469. The van der Waals surface area contributed by atoms with Crippen LogP contribution in [0.3, 0.4) is 0 Å². The molecule has 0 spiro atoms. The zero-order chi connectivity index (χ0) is 42.4. The molecule has 0 fully saturated rings. The number of carbonyl (C=O) groups is 3.